The van der Waals surface area contributed by atoms with E-state index in [0.717, 1.165) is 17.2 Å². The van der Waals surface area contributed by atoms with Crippen LogP contribution in [0, 0.1) is 13.8 Å². The summed E-state index contributed by atoms with van der Waals surface area (Å²) in [7, 11) is 0. The van der Waals surface area contributed by atoms with Gasteiger partial charge >= 0.3 is 6.18 Å². The molecule has 0 aromatic heterocycles. The van der Waals surface area contributed by atoms with Gasteiger partial charge in [0.2, 0.25) is 6.10 Å². The van der Waals surface area contributed by atoms with Gasteiger partial charge in [-0.25, -0.2) is 0 Å². The number of benzene rings is 2. The zero-order valence-corrected chi connectivity index (χ0v) is 13.7. The second-order valence-electron chi connectivity index (χ2n) is 5.63. The van der Waals surface area contributed by atoms with Crippen molar-refractivity contribution in [3.05, 3.63) is 58.1 Å². The van der Waals surface area contributed by atoms with Crippen LogP contribution in [-0.2, 0) is 0 Å². The van der Waals surface area contributed by atoms with Crippen LogP contribution in [0.15, 0.2) is 36.4 Å². The lowest BCUT2D eigenvalue weighted by molar-refractivity contribution is -0.180. The van der Waals surface area contributed by atoms with Crippen LogP contribution in [-0.4, -0.2) is 12.3 Å². The van der Waals surface area contributed by atoms with E-state index < -0.39 is 12.3 Å². The first-order valence-corrected chi connectivity index (χ1v) is 7.62. The summed E-state index contributed by atoms with van der Waals surface area (Å²) in [5.41, 5.74) is 2.46. The van der Waals surface area contributed by atoms with Gasteiger partial charge in [-0.2, -0.15) is 13.2 Å². The van der Waals surface area contributed by atoms with Crippen LogP contribution in [0.25, 0.3) is 6.08 Å². The Morgan fingerprint density at radius 1 is 1.08 bits per heavy atom. The second kappa shape index (κ2) is 6.06. The van der Waals surface area contributed by atoms with Crippen molar-refractivity contribution in [1.82, 2.24) is 0 Å². The molecular formula is C18H14ClF3O2. The number of ether oxygens (including phenoxy) is 2. The van der Waals surface area contributed by atoms with Crippen LogP contribution in [0.3, 0.4) is 0 Å². The number of alkyl halides is 3. The molecule has 3 rings (SSSR count). The molecule has 0 amide bonds. The van der Waals surface area contributed by atoms with Crippen molar-refractivity contribution in [3.63, 3.8) is 0 Å². The fraction of sp³-hybridized carbons (Fsp3) is 0.222. The van der Waals surface area contributed by atoms with Crippen LogP contribution in [0.4, 0.5) is 13.2 Å². The fourth-order valence-electron chi connectivity index (χ4n) is 2.44. The van der Waals surface area contributed by atoms with E-state index in [9.17, 15) is 13.2 Å². The monoisotopic (exact) mass is 354 g/mol. The minimum absolute atomic E-state index is 0.0870. The third kappa shape index (κ3) is 3.36. The van der Waals surface area contributed by atoms with Crippen molar-refractivity contribution in [3.8, 4) is 17.2 Å². The van der Waals surface area contributed by atoms with Crippen LogP contribution in [0.2, 0.25) is 5.02 Å². The smallest absolute Gasteiger partial charge is 0.429 e. The molecule has 2 aromatic carbocycles. The molecule has 0 aliphatic carbocycles. The first kappa shape index (κ1) is 16.7. The van der Waals surface area contributed by atoms with Gasteiger partial charge in [0.15, 0.2) is 0 Å². The molecule has 0 unspecified atom stereocenters. The molecule has 0 fully saturated rings. The Hall–Kier alpha value is -2.14. The Labute approximate surface area is 142 Å². The molecule has 0 bridgehead atoms. The molecule has 2 nitrogen and oxygen atoms in total. The molecule has 6 heteroatoms. The quantitative estimate of drug-likeness (QED) is 0.650. The van der Waals surface area contributed by atoms with Gasteiger partial charge < -0.3 is 9.47 Å². The van der Waals surface area contributed by atoms with E-state index in [0.29, 0.717) is 16.3 Å². The minimum atomic E-state index is -4.47. The Kier molecular flexibility index (Phi) is 4.22. The molecule has 0 spiro atoms. The molecule has 0 radical (unpaired) electrons. The highest BCUT2D eigenvalue weighted by Gasteiger charge is 2.41. The predicted octanol–water partition coefficient (Wildman–Crippen LogP) is 6.09. The van der Waals surface area contributed by atoms with E-state index in [2.05, 4.69) is 0 Å². The zero-order chi connectivity index (χ0) is 17.5. The van der Waals surface area contributed by atoms with Crippen molar-refractivity contribution >= 4 is 17.7 Å². The Morgan fingerprint density at radius 2 is 1.83 bits per heavy atom. The normalized spacial score (nSPS) is 16.5. The van der Waals surface area contributed by atoms with Crippen molar-refractivity contribution < 1.29 is 22.6 Å². The number of aryl methyl sites for hydroxylation is 2. The van der Waals surface area contributed by atoms with Gasteiger partial charge in [0, 0.05) is 11.6 Å². The third-order valence-corrected chi connectivity index (χ3v) is 3.94. The van der Waals surface area contributed by atoms with Gasteiger partial charge in [0.25, 0.3) is 0 Å². The molecule has 1 aliphatic heterocycles. The van der Waals surface area contributed by atoms with Gasteiger partial charge in [0.05, 0.1) is 5.02 Å². The van der Waals surface area contributed by atoms with E-state index in [4.69, 9.17) is 21.1 Å². The summed E-state index contributed by atoms with van der Waals surface area (Å²) in [5, 5.41) is 0.299. The number of fused-ring (bicyclic) bond motifs is 1. The topological polar surface area (TPSA) is 18.5 Å². The van der Waals surface area contributed by atoms with Gasteiger partial charge in [0.1, 0.15) is 17.2 Å². The molecule has 0 N–H and O–H groups in total. The summed E-state index contributed by atoms with van der Waals surface area (Å²) in [6.07, 6.45) is -4.13. The highest BCUT2D eigenvalue weighted by atomic mass is 35.5. The molecule has 1 heterocycles. The molecule has 1 atom stereocenters. The van der Waals surface area contributed by atoms with Crippen LogP contribution >= 0.6 is 11.6 Å². The summed E-state index contributed by atoms with van der Waals surface area (Å²) >= 11 is 6.18. The molecular weight excluding hydrogens is 341 g/mol. The van der Waals surface area contributed by atoms with Crippen molar-refractivity contribution in [2.45, 2.75) is 26.1 Å². The lowest BCUT2D eigenvalue weighted by Gasteiger charge is -2.24. The lowest BCUT2D eigenvalue weighted by Crippen LogP contribution is -2.33. The van der Waals surface area contributed by atoms with Gasteiger partial charge in [-0.05, 0) is 37.6 Å². The zero-order valence-electron chi connectivity index (χ0n) is 12.9. The number of halogens is 4. The van der Waals surface area contributed by atoms with E-state index in [1.165, 1.54) is 18.2 Å². The number of rotatable bonds is 2. The first-order valence-electron chi connectivity index (χ1n) is 7.24. The van der Waals surface area contributed by atoms with Gasteiger partial charge in [-0.1, -0.05) is 35.4 Å². The molecule has 0 saturated heterocycles. The predicted molar refractivity (Wildman–Crippen MR) is 86.9 cm³/mol. The highest BCUT2D eigenvalue weighted by Crippen LogP contribution is 2.40. The maximum absolute atomic E-state index is 12.8. The molecule has 24 heavy (non-hydrogen) atoms. The maximum Gasteiger partial charge on any atom is 0.429 e. The summed E-state index contributed by atoms with van der Waals surface area (Å²) < 4.78 is 49.3. The average molecular weight is 355 g/mol. The molecule has 2 aromatic rings. The van der Waals surface area contributed by atoms with Gasteiger partial charge in [-0.15, -0.1) is 0 Å². The maximum atomic E-state index is 12.8. The molecule has 0 saturated carbocycles. The first-order chi connectivity index (χ1) is 11.2. The highest BCUT2D eigenvalue weighted by molar-refractivity contribution is 6.32. The van der Waals surface area contributed by atoms with E-state index in [1.807, 2.05) is 26.0 Å². The van der Waals surface area contributed by atoms with E-state index in [-0.39, 0.29) is 11.5 Å². The van der Waals surface area contributed by atoms with Crippen molar-refractivity contribution in [2.24, 2.45) is 0 Å². The number of hydrogen-bond donors (Lipinski definition) is 0. The molecule has 1 aliphatic rings. The van der Waals surface area contributed by atoms with Crippen LogP contribution in [0.5, 0.6) is 17.2 Å². The van der Waals surface area contributed by atoms with Gasteiger partial charge in [-0.3, -0.25) is 0 Å². The second-order valence-corrected chi connectivity index (χ2v) is 6.04. The Balaban J connectivity index is 1.93. The summed E-state index contributed by atoms with van der Waals surface area (Å²) in [5.74, 6) is 0.920. The summed E-state index contributed by atoms with van der Waals surface area (Å²) in [6.45, 7) is 3.84. The van der Waals surface area contributed by atoms with Crippen molar-refractivity contribution in [1.29, 1.82) is 0 Å². The average Bonchev–Trinajstić information content (AvgIpc) is 2.49. The van der Waals surface area contributed by atoms with E-state index in [1.54, 1.807) is 6.07 Å². The Bertz CT molecular complexity index is 813. The summed E-state index contributed by atoms with van der Waals surface area (Å²) in [4.78, 5) is 0. The summed E-state index contributed by atoms with van der Waals surface area (Å²) in [6, 6.07) is 8.53. The Morgan fingerprint density at radius 3 is 2.50 bits per heavy atom. The lowest BCUT2D eigenvalue weighted by atomic mass is 10.1. The van der Waals surface area contributed by atoms with Crippen LogP contribution in [0.1, 0.15) is 16.7 Å². The molecule has 126 valence electrons. The SMILES string of the molecule is Cc1ccc(Oc2cc3c(cc2Cl)C=C[C@@H](C(F)(F)F)O3)c(C)c1. The minimum Gasteiger partial charge on any atom is -0.476 e. The number of hydrogen-bond acceptors (Lipinski definition) is 2. The van der Waals surface area contributed by atoms with Crippen LogP contribution < -0.4 is 9.47 Å². The third-order valence-electron chi connectivity index (χ3n) is 3.64. The fourth-order valence-corrected chi connectivity index (χ4v) is 2.65. The van der Waals surface area contributed by atoms with E-state index >= 15 is 0 Å². The largest absolute Gasteiger partial charge is 0.476 e. The standard InChI is InChI=1S/C18H14ClF3O2/c1-10-3-5-14(11(2)7-10)23-16-9-15-12(8-13(16)19)4-6-17(24-15)18(20,21)22/h3-9,17H,1-2H3/t17-/m0/s1. The van der Waals surface area contributed by atoms with Crippen molar-refractivity contribution in [2.75, 3.05) is 0 Å².